The van der Waals surface area contributed by atoms with E-state index in [1.165, 1.54) is 0 Å². The summed E-state index contributed by atoms with van der Waals surface area (Å²) in [6, 6.07) is 6.15. The molecule has 0 fully saturated rings. The smallest absolute Gasteiger partial charge is 0.161 e. The van der Waals surface area contributed by atoms with Crippen molar-refractivity contribution >= 4 is 50.1 Å². The first-order valence-corrected chi connectivity index (χ1v) is 8.44. The molecule has 2 nitrogen and oxygen atoms in total. The molecule has 1 aromatic rings. The fourth-order valence-corrected chi connectivity index (χ4v) is 3.36. The molecule has 19 heavy (non-hydrogen) atoms. The van der Waals surface area contributed by atoms with Crippen LogP contribution in [-0.4, -0.2) is 17.0 Å². The van der Waals surface area contributed by atoms with Crippen LogP contribution in [0.2, 0.25) is 5.02 Å². The first-order chi connectivity index (χ1) is 8.86. The summed E-state index contributed by atoms with van der Waals surface area (Å²) in [5.41, 5.74) is 1.10. The molecular weight excluding hydrogens is 344 g/mol. The van der Waals surface area contributed by atoms with E-state index < -0.39 is 0 Å². The lowest BCUT2D eigenvalue weighted by Gasteiger charge is -2.31. The van der Waals surface area contributed by atoms with Gasteiger partial charge in [-0.3, -0.25) is 4.99 Å². The average Bonchev–Trinajstić information content (AvgIpc) is 2.33. The van der Waals surface area contributed by atoms with E-state index in [2.05, 4.69) is 42.0 Å². The Kier molecular flexibility index (Phi) is 4.85. The summed E-state index contributed by atoms with van der Waals surface area (Å²) < 4.78 is 1.01. The zero-order valence-corrected chi connectivity index (χ0v) is 14.5. The molecule has 0 bridgehead atoms. The average molecular weight is 362 g/mol. The molecule has 0 aliphatic carbocycles. The minimum atomic E-state index is 0.203. The van der Waals surface area contributed by atoms with Crippen molar-refractivity contribution in [3.05, 3.63) is 27.7 Å². The number of hydrogen-bond donors (Lipinski definition) is 1. The lowest BCUT2D eigenvalue weighted by molar-refractivity contribution is 0.316. The summed E-state index contributed by atoms with van der Waals surface area (Å²) in [7, 11) is 0. The van der Waals surface area contributed by atoms with E-state index in [9.17, 15) is 0 Å². The number of rotatable bonds is 1. The zero-order chi connectivity index (χ0) is 14.0. The molecule has 2 rings (SSSR count). The Bertz CT molecular complexity index is 497. The van der Waals surface area contributed by atoms with Gasteiger partial charge in [-0.25, -0.2) is 0 Å². The summed E-state index contributed by atoms with van der Waals surface area (Å²) in [6.07, 6.45) is 1.13. The summed E-state index contributed by atoms with van der Waals surface area (Å²) >= 11 is 11.4. The molecule has 1 aliphatic rings. The molecule has 0 amide bonds. The van der Waals surface area contributed by atoms with Crippen molar-refractivity contribution in [3.63, 3.8) is 0 Å². The van der Waals surface area contributed by atoms with Crippen LogP contribution in [0.15, 0.2) is 27.7 Å². The van der Waals surface area contributed by atoms with Gasteiger partial charge in [0.15, 0.2) is 5.17 Å². The maximum Gasteiger partial charge on any atom is 0.161 e. The number of amidine groups is 1. The SMILES string of the molecule is CC(C)(C)C1CCSC(Nc2cc(Br)ccc2Cl)=N1. The molecule has 1 N–H and O–H groups in total. The molecule has 104 valence electrons. The van der Waals surface area contributed by atoms with Crippen LogP contribution < -0.4 is 5.32 Å². The predicted octanol–water partition coefficient (Wildman–Crippen LogP) is 5.42. The van der Waals surface area contributed by atoms with Gasteiger partial charge in [-0.2, -0.15) is 0 Å². The lowest BCUT2D eigenvalue weighted by atomic mass is 9.85. The molecule has 0 spiro atoms. The molecule has 1 heterocycles. The van der Waals surface area contributed by atoms with E-state index in [4.69, 9.17) is 16.6 Å². The number of nitrogens with one attached hydrogen (secondary N) is 1. The van der Waals surface area contributed by atoms with Gasteiger partial charge < -0.3 is 5.32 Å². The number of anilines is 1. The van der Waals surface area contributed by atoms with Crippen LogP contribution in [0.1, 0.15) is 27.2 Å². The normalized spacial score (nSPS) is 20.1. The van der Waals surface area contributed by atoms with Crippen LogP contribution in [0, 0.1) is 5.41 Å². The van der Waals surface area contributed by atoms with Gasteiger partial charge in [-0.15, -0.1) is 0 Å². The van der Waals surface area contributed by atoms with Gasteiger partial charge in [0.05, 0.1) is 16.8 Å². The van der Waals surface area contributed by atoms with Crippen LogP contribution in [0.5, 0.6) is 0 Å². The summed E-state index contributed by atoms with van der Waals surface area (Å²) in [4.78, 5) is 4.81. The summed E-state index contributed by atoms with van der Waals surface area (Å²) in [6.45, 7) is 6.71. The highest BCUT2D eigenvalue weighted by Gasteiger charge is 2.27. The Hall–Kier alpha value is -0.190. The molecular formula is C14H18BrClN2S. The lowest BCUT2D eigenvalue weighted by Crippen LogP contribution is -2.30. The van der Waals surface area contributed by atoms with Crippen molar-refractivity contribution in [2.24, 2.45) is 10.4 Å². The molecule has 0 radical (unpaired) electrons. The molecule has 0 saturated carbocycles. The topological polar surface area (TPSA) is 24.4 Å². The van der Waals surface area contributed by atoms with Crippen LogP contribution in [-0.2, 0) is 0 Å². The predicted molar refractivity (Wildman–Crippen MR) is 90.5 cm³/mol. The number of aliphatic imine (C=N–C) groups is 1. The van der Waals surface area contributed by atoms with E-state index in [1.807, 2.05) is 18.2 Å². The van der Waals surface area contributed by atoms with Gasteiger partial charge in [0.2, 0.25) is 0 Å². The van der Waals surface area contributed by atoms with Crippen molar-refractivity contribution < 1.29 is 0 Å². The molecule has 1 unspecified atom stereocenters. The Balaban J connectivity index is 2.18. The Morgan fingerprint density at radius 3 is 2.84 bits per heavy atom. The van der Waals surface area contributed by atoms with Crippen LogP contribution in [0.3, 0.4) is 0 Å². The van der Waals surface area contributed by atoms with Crippen molar-refractivity contribution in [2.75, 3.05) is 11.1 Å². The minimum absolute atomic E-state index is 0.203. The second-order valence-electron chi connectivity index (χ2n) is 5.70. The molecule has 1 aromatic carbocycles. The van der Waals surface area contributed by atoms with Crippen LogP contribution in [0.25, 0.3) is 0 Å². The van der Waals surface area contributed by atoms with E-state index >= 15 is 0 Å². The van der Waals surface area contributed by atoms with Gasteiger partial charge in [0.25, 0.3) is 0 Å². The van der Waals surface area contributed by atoms with Gasteiger partial charge in [-0.05, 0) is 30.0 Å². The van der Waals surface area contributed by atoms with Crippen molar-refractivity contribution in [3.8, 4) is 0 Å². The van der Waals surface area contributed by atoms with Gasteiger partial charge in [0, 0.05) is 10.2 Å². The number of nitrogens with zero attached hydrogens (tertiary/aromatic N) is 1. The molecule has 5 heteroatoms. The molecule has 1 aliphatic heterocycles. The first-order valence-electron chi connectivity index (χ1n) is 6.29. The van der Waals surface area contributed by atoms with Crippen molar-refractivity contribution in [1.29, 1.82) is 0 Å². The van der Waals surface area contributed by atoms with Gasteiger partial charge in [-0.1, -0.05) is 60.1 Å². The van der Waals surface area contributed by atoms with E-state index in [0.29, 0.717) is 11.1 Å². The molecule has 1 atom stereocenters. The van der Waals surface area contributed by atoms with E-state index in [-0.39, 0.29) is 5.41 Å². The zero-order valence-electron chi connectivity index (χ0n) is 11.3. The largest absolute Gasteiger partial charge is 0.334 e. The maximum atomic E-state index is 6.19. The Labute approximate surface area is 132 Å². The van der Waals surface area contributed by atoms with Crippen molar-refractivity contribution in [1.82, 2.24) is 0 Å². The fraction of sp³-hybridized carbons (Fsp3) is 0.500. The summed E-state index contributed by atoms with van der Waals surface area (Å²) in [5, 5.41) is 5.02. The minimum Gasteiger partial charge on any atom is -0.334 e. The van der Waals surface area contributed by atoms with Gasteiger partial charge >= 0.3 is 0 Å². The highest BCUT2D eigenvalue weighted by molar-refractivity contribution is 9.10. The fourth-order valence-electron chi connectivity index (χ4n) is 1.91. The molecule has 0 saturated heterocycles. The third-order valence-corrected chi connectivity index (χ3v) is 4.82. The van der Waals surface area contributed by atoms with E-state index in [0.717, 1.165) is 27.5 Å². The van der Waals surface area contributed by atoms with E-state index in [1.54, 1.807) is 11.8 Å². The van der Waals surface area contributed by atoms with Crippen LogP contribution >= 0.6 is 39.3 Å². The first kappa shape index (κ1) is 15.2. The number of thioether (sulfide) groups is 1. The third kappa shape index (κ3) is 4.14. The molecule has 0 aromatic heterocycles. The highest BCUT2D eigenvalue weighted by Crippen LogP contribution is 2.32. The second kappa shape index (κ2) is 6.06. The van der Waals surface area contributed by atoms with Crippen molar-refractivity contribution in [2.45, 2.75) is 33.2 Å². The maximum absolute atomic E-state index is 6.19. The van der Waals surface area contributed by atoms with Crippen LogP contribution in [0.4, 0.5) is 5.69 Å². The third-order valence-electron chi connectivity index (χ3n) is 3.07. The second-order valence-corrected chi connectivity index (χ2v) is 8.11. The monoisotopic (exact) mass is 360 g/mol. The quantitative estimate of drug-likeness (QED) is 0.722. The summed E-state index contributed by atoms with van der Waals surface area (Å²) in [5.74, 6) is 1.10. The number of halogens is 2. The Morgan fingerprint density at radius 1 is 1.42 bits per heavy atom. The number of hydrogen-bond acceptors (Lipinski definition) is 3. The standard InChI is InChI=1S/C14H18BrClN2S/c1-14(2,3)12-6-7-19-13(18-12)17-11-8-9(15)4-5-10(11)16/h4-5,8,12H,6-7H2,1-3H3,(H,17,18). The Morgan fingerprint density at radius 2 is 2.16 bits per heavy atom. The van der Waals surface area contributed by atoms with Gasteiger partial charge in [0.1, 0.15) is 0 Å². The highest BCUT2D eigenvalue weighted by atomic mass is 79.9. The number of benzene rings is 1.